The van der Waals surface area contributed by atoms with Crippen LogP contribution in [0.1, 0.15) is 42.6 Å². The summed E-state index contributed by atoms with van der Waals surface area (Å²) in [6.45, 7) is 0.550. The minimum atomic E-state index is -0.0751. The summed E-state index contributed by atoms with van der Waals surface area (Å²) in [7, 11) is 0. The number of nitrogens with zero attached hydrogens (tertiary/aromatic N) is 2. The van der Waals surface area contributed by atoms with E-state index in [0.29, 0.717) is 12.4 Å². The van der Waals surface area contributed by atoms with Gasteiger partial charge in [-0.15, -0.1) is 0 Å². The minimum absolute atomic E-state index is 0.0751. The van der Waals surface area contributed by atoms with Crippen LogP contribution in [-0.4, -0.2) is 22.8 Å². The number of aromatic nitrogens is 2. The molecule has 0 bridgehead atoms. The van der Waals surface area contributed by atoms with E-state index in [-0.39, 0.29) is 12.2 Å². The minimum Gasteiger partial charge on any atom is -0.364 e. The van der Waals surface area contributed by atoms with Crippen LogP contribution in [0.2, 0.25) is 0 Å². The zero-order valence-electron chi connectivity index (χ0n) is 12.1. The first-order valence-electron chi connectivity index (χ1n) is 7.57. The fourth-order valence-corrected chi connectivity index (χ4v) is 2.66. The maximum atomic E-state index is 5.76. The van der Waals surface area contributed by atoms with Gasteiger partial charge in [-0.05, 0) is 31.2 Å². The number of aryl methyl sites for hydroxylation is 2. The van der Waals surface area contributed by atoms with Gasteiger partial charge >= 0.3 is 0 Å². The third kappa shape index (κ3) is 3.68. The number of hydrogen-bond acceptors (Lipinski definition) is 5. The van der Waals surface area contributed by atoms with Crippen molar-refractivity contribution in [2.45, 2.75) is 44.3 Å². The zero-order chi connectivity index (χ0) is 14.5. The van der Waals surface area contributed by atoms with Gasteiger partial charge < -0.3 is 15.0 Å². The second kappa shape index (κ2) is 6.83. The molecule has 0 radical (unpaired) electrons. The summed E-state index contributed by atoms with van der Waals surface area (Å²) in [5.74, 6) is 1.36. The van der Waals surface area contributed by atoms with Gasteiger partial charge in [0.2, 0.25) is 0 Å². The average molecular weight is 287 g/mol. The second-order valence-corrected chi connectivity index (χ2v) is 5.45. The molecule has 1 aliphatic heterocycles. The lowest BCUT2D eigenvalue weighted by Gasteiger charge is -2.07. The molecule has 5 nitrogen and oxygen atoms in total. The molecule has 1 saturated heterocycles. The predicted molar refractivity (Wildman–Crippen MR) is 78.7 cm³/mol. The third-order valence-electron chi connectivity index (χ3n) is 3.84. The number of ether oxygens (including phenoxy) is 1. The van der Waals surface area contributed by atoms with E-state index in [2.05, 4.69) is 34.4 Å². The van der Waals surface area contributed by atoms with E-state index in [1.807, 2.05) is 6.07 Å². The molecular weight excluding hydrogens is 266 g/mol. The monoisotopic (exact) mass is 287 g/mol. The van der Waals surface area contributed by atoms with E-state index in [1.54, 1.807) is 0 Å². The maximum Gasteiger partial charge on any atom is 0.255 e. The van der Waals surface area contributed by atoms with Crippen LogP contribution in [0, 0.1) is 0 Å². The van der Waals surface area contributed by atoms with Crippen molar-refractivity contribution in [3.8, 4) is 0 Å². The molecule has 1 aliphatic rings. The van der Waals surface area contributed by atoms with Gasteiger partial charge in [0.25, 0.3) is 5.89 Å². The molecule has 1 aromatic heterocycles. The largest absolute Gasteiger partial charge is 0.364 e. The number of hydrogen-bond donors (Lipinski definition) is 1. The molecule has 2 aromatic rings. The lowest BCUT2D eigenvalue weighted by molar-refractivity contribution is 0.0307. The van der Waals surface area contributed by atoms with Crippen LogP contribution in [-0.2, 0) is 17.6 Å². The summed E-state index contributed by atoms with van der Waals surface area (Å²) in [5, 5.41) is 4.05. The van der Waals surface area contributed by atoms with Crippen molar-refractivity contribution in [1.82, 2.24) is 10.1 Å². The highest BCUT2D eigenvalue weighted by Crippen LogP contribution is 2.31. The van der Waals surface area contributed by atoms with Gasteiger partial charge in [-0.1, -0.05) is 35.5 Å². The van der Waals surface area contributed by atoms with Crippen LogP contribution in [0.4, 0.5) is 0 Å². The van der Waals surface area contributed by atoms with Crippen LogP contribution in [0.15, 0.2) is 34.9 Å². The molecule has 2 atom stereocenters. The standard InChI is InChI=1S/C16H21N3O2/c17-11-13-9-10-14(20-13)16-18-15(19-21-16)8-4-7-12-5-2-1-3-6-12/h1-3,5-6,13-14H,4,7-11,17H2/t13-,14-/m1/s1. The first kappa shape index (κ1) is 14.2. The van der Waals surface area contributed by atoms with E-state index >= 15 is 0 Å². The fourth-order valence-electron chi connectivity index (χ4n) is 2.66. The fraction of sp³-hybridized carbons (Fsp3) is 0.500. The number of benzene rings is 1. The van der Waals surface area contributed by atoms with Crippen LogP contribution in [0.3, 0.4) is 0 Å². The Labute approximate surface area is 124 Å². The van der Waals surface area contributed by atoms with Crippen LogP contribution < -0.4 is 5.73 Å². The van der Waals surface area contributed by atoms with E-state index in [4.69, 9.17) is 15.0 Å². The van der Waals surface area contributed by atoms with Gasteiger partial charge in [0.05, 0.1) is 6.10 Å². The van der Waals surface area contributed by atoms with Crippen molar-refractivity contribution >= 4 is 0 Å². The van der Waals surface area contributed by atoms with Gasteiger partial charge in [0.1, 0.15) is 6.10 Å². The van der Waals surface area contributed by atoms with Gasteiger partial charge in [-0.3, -0.25) is 0 Å². The van der Waals surface area contributed by atoms with E-state index in [9.17, 15) is 0 Å². The first-order valence-corrected chi connectivity index (χ1v) is 7.57. The van der Waals surface area contributed by atoms with Gasteiger partial charge in [-0.25, -0.2) is 0 Å². The molecule has 21 heavy (non-hydrogen) atoms. The second-order valence-electron chi connectivity index (χ2n) is 5.45. The lowest BCUT2D eigenvalue weighted by Crippen LogP contribution is -2.18. The van der Waals surface area contributed by atoms with Crippen LogP contribution >= 0.6 is 0 Å². The molecule has 0 saturated carbocycles. The van der Waals surface area contributed by atoms with Crippen molar-refractivity contribution in [1.29, 1.82) is 0 Å². The highest BCUT2D eigenvalue weighted by atomic mass is 16.5. The van der Waals surface area contributed by atoms with Crippen molar-refractivity contribution in [3.63, 3.8) is 0 Å². The van der Waals surface area contributed by atoms with Crippen molar-refractivity contribution < 1.29 is 9.26 Å². The van der Waals surface area contributed by atoms with Gasteiger partial charge in [0.15, 0.2) is 5.82 Å². The first-order chi connectivity index (χ1) is 10.3. The summed E-state index contributed by atoms with van der Waals surface area (Å²) in [5.41, 5.74) is 6.95. The smallest absolute Gasteiger partial charge is 0.255 e. The topological polar surface area (TPSA) is 74.2 Å². The summed E-state index contributed by atoms with van der Waals surface area (Å²) in [4.78, 5) is 4.45. The van der Waals surface area contributed by atoms with Crippen molar-refractivity contribution in [2.24, 2.45) is 5.73 Å². The summed E-state index contributed by atoms with van der Waals surface area (Å²) in [6, 6.07) is 10.4. The molecule has 0 aliphatic carbocycles. The lowest BCUT2D eigenvalue weighted by atomic mass is 10.1. The SMILES string of the molecule is NC[C@H]1CC[C@H](c2nc(CCCc3ccccc3)no2)O1. The molecule has 112 valence electrons. The van der Waals surface area contributed by atoms with Crippen LogP contribution in [0.25, 0.3) is 0 Å². The van der Waals surface area contributed by atoms with Crippen molar-refractivity contribution in [2.75, 3.05) is 6.54 Å². The van der Waals surface area contributed by atoms with Crippen LogP contribution in [0.5, 0.6) is 0 Å². The highest BCUT2D eigenvalue weighted by Gasteiger charge is 2.29. The van der Waals surface area contributed by atoms with Gasteiger partial charge in [0, 0.05) is 13.0 Å². The number of nitrogens with two attached hydrogens (primary N) is 1. The maximum absolute atomic E-state index is 5.76. The molecule has 0 spiro atoms. The zero-order valence-corrected chi connectivity index (χ0v) is 12.1. The van der Waals surface area contributed by atoms with Crippen molar-refractivity contribution in [3.05, 3.63) is 47.6 Å². The Morgan fingerprint density at radius 3 is 2.76 bits per heavy atom. The Morgan fingerprint density at radius 2 is 2.00 bits per heavy atom. The summed E-state index contributed by atoms with van der Waals surface area (Å²) >= 11 is 0. The molecule has 0 unspecified atom stereocenters. The van der Waals surface area contributed by atoms with E-state index in [0.717, 1.165) is 37.9 Å². The van der Waals surface area contributed by atoms with E-state index in [1.165, 1.54) is 5.56 Å². The molecule has 1 fully saturated rings. The molecule has 0 amide bonds. The molecule has 5 heteroatoms. The Hall–Kier alpha value is -1.72. The molecular formula is C16H21N3O2. The molecule has 2 N–H and O–H groups in total. The van der Waals surface area contributed by atoms with Gasteiger partial charge in [-0.2, -0.15) is 4.98 Å². The highest BCUT2D eigenvalue weighted by molar-refractivity contribution is 5.14. The Kier molecular flexibility index (Phi) is 4.62. The Bertz CT molecular complexity index is 556. The summed E-state index contributed by atoms with van der Waals surface area (Å²) < 4.78 is 11.1. The molecule has 3 rings (SSSR count). The Balaban J connectivity index is 1.49. The molecule has 2 heterocycles. The quantitative estimate of drug-likeness (QED) is 0.883. The Morgan fingerprint density at radius 1 is 1.14 bits per heavy atom. The van der Waals surface area contributed by atoms with E-state index < -0.39 is 0 Å². The molecule has 1 aromatic carbocycles. The third-order valence-corrected chi connectivity index (χ3v) is 3.84. The number of rotatable bonds is 6. The average Bonchev–Trinajstić information content (AvgIpc) is 3.17. The normalized spacial score (nSPS) is 21.8. The summed E-state index contributed by atoms with van der Waals surface area (Å²) in [6.07, 6.45) is 4.79. The predicted octanol–water partition coefficient (Wildman–Crippen LogP) is 2.42.